The number of nitrogens with one attached hydrogen (secondary N) is 1. The number of hydrogen-bond donors (Lipinski definition) is 1. The van der Waals surface area contributed by atoms with E-state index in [0.29, 0.717) is 12.8 Å². The highest BCUT2D eigenvalue weighted by atomic mass is 32.2. The molecule has 1 aliphatic heterocycles. The minimum Gasteiger partial charge on any atom is -0.464 e. The molecular weight excluding hydrogens is 370 g/mol. The first-order valence-electron chi connectivity index (χ1n) is 9.81. The summed E-state index contributed by atoms with van der Waals surface area (Å²) in [6, 6.07) is -0.646. The molecule has 0 radical (unpaired) electrons. The zero-order valence-electron chi connectivity index (χ0n) is 16.4. The van der Waals surface area contributed by atoms with Gasteiger partial charge in [0.25, 0.3) is 10.1 Å². The number of cyclic esters (lactones) is 1. The van der Waals surface area contributed by atoms with E-state index in [-0.39, 0.29) is 13.0 Å². The summed E-state index contributed by atoms with van der Waals surface area (Å²) in [7, 11) is -3.66. The molecule has 1 aliphatic rings. The van der Waals surface area contributed by atoms with Gasteiger partial charge in [-0.15, -0.1) is 0 Å². The maximum atomic E-state index is 12.1. The Morgan fingerprint density at radius 2 is 1.96 bits per heavy atom. The van der Waals surface area contributed by atoms with Crippen LogP contribution in [-0.2, 0) is 28.6 Å². The van der Waals surface area contributed by atoms with E-state index < -0.39 is 34.1 Å². The maximum Gasteiger partial charge on any atom is 0.328 e. The molecule has 7 nitrogen and oxygen atoms in total. The highest BCUT2D eigenvalue weighted by molar-refractivity contribution is 7.86. The van der Waals surface area contributed by atoms with Gasteiger partial charge in [-0.2, -0.15) is 8.42 Å². The molecule has 1 N–H and O–H groups in total. The molecule has 1 rings (SSSR count). The van der Waals surface area contributed by atoms with E-state index >= 15 is 0 Å². The number of carbonyl (C=O) groups is 2. The van der Waals surface area contributed by atoms with Crippen molar-refractivity contribution in [1.82, 2.24) is 5.32 Å². The number of hydrogen-bond acceptors (Lipinski definition) is 6. The van der Waals surface area contributed by atoms with Crippen LogP contribution in [0.4, 0.5) is 0 Å². The molecule has 27 heavy (non-hydrogen) atoms. The SMILES string of the molecule is CCCCCC/C=C\CCCC(CC(=O)N[C@H]1CCOC1=O)OS(C)(=O)=O. The molecule has 0 saturated carbocycles. The Labute approximate surface area is 163 Å². The van der Waals surface area contributed by atoms with Crippen LogP contribution in [0.2, 0.25) is 0 Å². The monoisotopic (exact) mass is 403 g/mol. The molecule has 0 bridgehead atoms. The predicted molar refractivity (Wildman–Crippen MR) is 104 cm³/mol. The van der Waals surface area contributed by atoms with Crippen LogP contribution in [-0.4, -0.2) is 45.3 Å². The summed E-state index contributed by atoms with van der Waals surface area (Å²) in [6.45, 7) is 2.47. The Kier molecular flexibility index (Phi) is 11.3. The Bertz CT molecular complexity index is 587. The van der Waals surface area contributed by atoms with Crippen molar-refractivity contribution in [2.75, 3.05) is 12.9 Å². The van der Waals surface area contributed by atoms with Crippen LogP contribution in [0, 0.1) is 0 Å². The lowest BCUT2D eigenvalue weighted by Gasteiger charge is -2.16. The van der Waals surface area contributed by atoms with Gasteiger partial charge in [0.05, 0.1) is 25.4 Å². The number of rotatable bonds is 14. The first kappa shape index (κ1) is 23.6. The van der Waals surface area contributed by atoms with Gasteiger partial charge in [-0.1, -0.05) is 38.3 Å². The van der Waals surface area contributed by atoms with Crippen molar-refractivity contribution < 1.29 is 26.9 Å². The van der Waals surface area contributed by atoms with E-state index in [0.717, 1.165) is 25.5 Å². The Morgan fingerprint density at radius 3 is 2.56 bits per heavy atom. The average molecular weight is 404 g/mol. The molecule has 8 heteroatoms. The normalized spacial score (nSPS) is 18.6. The highest BCUT2D eigenvalue weighted by Crippen LogP contribution is 2.14. The van der Waals surface area contributed by atoms with Crippen molar-refractivity contribution >= 4 is 22.0 Å². The summed E-state index contributed by atoms with van der Waals surface area (Å²) >= 11 is 0. The van der Waals surface area contributed by atoms with E-state index in [4.69, 9.17) is 8.92 Å². The predicted octanol–water partition coefficient (Wildman–Crippen LogP) is 2.85. The number of carbonyl (C=O) groups excluding carboxylic acids is 2. The Balaban J connectivity index is 2.34. The molecule has 2 atom stereocenters. The van der Waals surface area contributed by atoms with Crippen LogP contribution in [0.1, 0.15) is 71.1 Å². The molecule has 0 aromatic carbocycles. The van der Waals surface area contributed by atoms with E-state index in [9.17, 15) is 18.0 Å². The third kappa shape index (κ3) is 11.8. The van der Waals surface area contributed by atoms with Gasteiger partial charge >= 0.3 is 5.97 Å². The van der Waals surface area contributed by atoms with Gasteiger partial charge in [-0.3, -0.25) is 8.98 Å². The Morgan fingerprint density at radius 1 is 1.26 bits per heavy atom. The van der Waals surface area contributed by atoms with Crippen LogP contribution in [0.5, 0.6) is 0 Å². The molecule has 1 saturated heterocycles. The first-order chi connectivity index (χ1) is 12.8. The van der Waals surface area contributed by atoms with E-state index in [1.54, 1.807) is 0 Å². The maximum absolute atomic E-state index is 12.1. The van der Waals surface area contributed by atoms with Gasteiger partial charge in [-0.05, 0) is 32.1 Å². The molecule has 1 fully saturated rings. The van der Waals surface area contributed by atoms with Gasteiger partial charge in [0.1, 0.15) is 6.04 Å². The second kappa shape index (κ2) is 12.9. The van der Waals surface area contributed by atoms with Gasteiger partial charge in [-0.25, -0.2) is 4.79 Å². The fourth-order valence-corrected chi connectivity index (χ4v) is 3.57. The van der Waals surface area contributed by atoms with Crippen molar-refractivity contribution in [3.63, 3.8) is 0 Å². The van der Waals surface area contributed by atoms with Crippen molar-refractivity contribution in [3.05, 3.63) is 12.2 Å². The van der Waals surface area contributed by atoms with Gasteiger partial charge < -0.3 is 10.1 Å². The number of unbranched alkanes of at least 4 members (excludes halogenated alkanes) is 5. The van der Waals surface area contributed by atoms with Crippen LogP contribution in [0.3, 0.4) is 0 Å². The lowest BCUT2D eigenvalue weighted by atomic mass is 10.1. The smallest absolute Gasteiger partial charge is 0.328 e. The molecule has 0 aromatic heterocycles. The van der Waals surface area contributed by atoms with E-state index in [1.165, 1.54) is 25.7 Å². The molecule has 1 unspecified atom stereocenters. The zero-order valence-corrected chi connectivity index (χ0v) is 17.3. The zero-order chi connectivity index (χ0) is 20.1. The number of esters is 1. The lowest BCUT2D eigenvalue weighted by Crippen LogP contribution is -2.39. The van der Waals surface area contributed by atoms with Gasteiger partial charge in [0, 0.05) is 6.42 Å². The second-order valence-corrected chi connectivity index (χ2v) is 8.56. The minimum atomic E-state index is -3.66. The summed E-state index contributed by atoms with van der Waals surface area (Å²) in [5.41, 5.74) is 0. The number of ether oxygens (including phenoxy) is 1. The van der Waals surface area contributed by atoms with Gasteiger partial charge in [0.15, 0.2) is 0 Å². The summed E-state index contributed by atoms with van der Waals surface area (Å²) in [4.78, 5) is 23.5. The molecule has 156 valence electrons. The minimum absolute atomic E-state index is 0.0996. The van der Waals surface area contributed by atoms with Crippen molar-refractivity contribution in [2.24, 2.45) is 0 Å². The number of amides is 1. The highest BCUT2D eigenvalue weighted by Gasteiger charge is 2.29. The molecular formula is C19H33NO6S. The lowest BCUT2D eigenvalue weighted by molar-refractivity contribution is -0.141. The van der Waals surface area contributed by atoms with Crippen molar-refractivity contribution in [2.45, 2.75) is 83.3 Å². The third-order valence-electron chi connectivity index (χ3n) is 4.28. The van der Waals surface area contributed by atoms with Crippen LogP contribution in [0.25, 0.3) is 0 Å². The summed E-state index contributed by atoms with van der Waals surface area (Å²) in [5.74, 6) is -0.855. The van der Waals surface area contributed by atoms with Crippen LogP contribution >= 0.6 is 0 Å². The van der Waals surface area contributed by atoms with Crippen molar-refractivity contribution in [1.29, 1.82) is 0 Å². The molecule has 1 heterocycles. The third-order valence-corrected chi connectivity index (χ3v) is 4.90. The average Bonchev–Trinajstić information content (AvgIpc) is 2.96. The van der Waals surface area contributed by atoms with Crippen LogP contribution < -0.4 is 5.32 Å². The Hall–Kier alpha value is -1.41. The fourth-order valence-electron chi connectivity index (χ4n) is 2.91. The van der Waals surface area contributed by atoms with Crippen LogP contribution in [0.15, 0.2) is 12.2 Å². The summed E-state index contributed by atoms with van der Waals surface area (Å²) < 4.78 is 32.7. The first-order valence-corrected chi connectivity index (χ1v) is 11.6. The van der Waals surface area contributed by atoms with Gasteiger partial charge in [0.2, 0.25) is 5.91 Å². The van der Waals surface area contributed by atoms with Crippen molar-refractivity contribution in [3.8, 4) is 0 Å². The quantitative estimate of drug-likeness (QED) is 0.207. The molecule has 0 spiro atoms. The summed E-state index contributed by atoms with van der Waals surface area (Å²) in [5, 5.41) is 2.58. The van der Waals surface area contributed by atoms with E-state index in [2.05, 4.69) is 24.4 Å². The molecule has 0 aromatic rings. The largest absolute Gasteiger partial charge is 0.464 e. The summed E-state index contributed by atoms with van der Waals surface area (Å²) in [6.07, 6.45) is 12.8. The topological polar surface area (TPSA) is 98.8 Å². The standard InChI is InChI=1S/C19H33NO6S/c1-3-4-5-6-7-8-9-10-11-12-16(26-27(2,23)24)15-18(21)20-17-13-14-25-19(17)22/h8-9,16-17H,3-7,10-15H2,1-2H3,(H,20,21)/b9-8-/t16?,17-/m0/s1. The fraction of sp³-hybridized carbons (Fsp3) is 0.789. The molecule has 0 aliphatic carbocycles. The van der Waals surface area contributed by atoms with E-state index in [1.807, 2.05) is 0 Å². The second-order valence-electron chi connectivity index (χ2n) is 6.95. The molecule has 1 amide bonds. The number of allylic oxidation sites excluding steroid dienone is 2.